The number of benzene rings is 1. The molecule has 1 heterocycles. The first-order valence-electron chi connectivity index (χ1n) is 9.72. The summed E-state index contributed by atoms with van der Waals surface area (Å²) < 4.78 is 11.3. The minimum absolute atomic E-state index is 0.185. The summed E-state index contributed by atoms with van der Waals surface area (Å²) in [6.45, 7) is 10.1. The van der Waals surface area contributed by atoms with Gasteiger partial charge in [-0.1, -0.05) is 70.9 Å². The summed E-state index contributed by atoms with van der Waals surface area (Å²) >= 11 is 0. The predicted molar refractivity (Wildman–Crippen MR) is 102 cm³/mol. The van der Waals surface area contributed by atoms with Crippen molar-refractivity contribution in [2.75, 3.05) is 13.2 Å². The molecule has 1 aliphatic carbocycles. The molecule has 0 unspecified atom stereocenters. The van der Waals surface area contributed by atoms with Gasteiger partial charge in [0.2, 0.25) is 0 Å². The minimum atomic E-state index is -0.185. The van der Waals surface area contributed by atoms with Crippen molar-refractivity contribution < 1.29 is 9.47 Å². The van der Waals surface area contributed by atoms with Crippen LogP contribution in [-0.2, 0) is 9.47 Å². The fourth-order valence-electron chi connectivity index (χ4n) is 3.39. The Hall–Kier alpha value is -1.12. The molecule has 0 atom stereocenters. The third-order valence-electron chi connectivity index (χ3n) is 4.96. The van der Waals surface area contributed by atoms with Gasteiger partial charge in [-0.25, -0.2) is 0 Å². The third kappa shape index (κ3) is 5.75. The van der Waals surface area contributed by atoms with Crippen molar-refractivity contribution in [3.63, 3.8) is 0 Å². The Labute approximate surface area is 148 Å². The maximum absolute atomic E-state index is 5.63. The van der Waals surface area contributed by atoms with E-state index < -0.39 is 0 Å². The first kappa shape index (κ1) is 19.2. The zero-order valence-corrected chi connectivity index (χ0v) is 15.8. The molecular formula is C22H34O2. The minimum Gasteiger partial charge on any atom is -0.349 e. The van der Waals surface area contributed by atoms with Crippen molar-refractivity contribution in [2.24, 2.45) is 11.8 Å². The van der Waals surface area contributed by atoms with E-state index in [9.17, 15) is 0 Å². The highest BCUT2D eigenvalue weighted by Gasteiger charge is 2.19. The molecule has 0 aromatic heterocycles. The zero-order valence-electron chi connectivity index (χ0n) is 15.8. The van der Waals surface area contributed by atoms with Gasteiger partial charge in [-0.3, -0.25) is 0 Å². The molecule has 0 radical (unpaired) electrons. The summed E-state index contributed by atoms with van der Waals surface area (Å²) in [7, 11) is 0. The molecule has 1 aliphatic heterocycles. The lowest BCUT2D eigenvalue weighted by molar-refractivity contribution is -0.170. The second-order valence-corrected chi connectivity index (χ2v) is 7.12. The lowest BCUT2D eigenvalue weighted by Crippen LogP contribution is -2.28. The average molecular weight is 331 g/mol. The van der Waals surface area contributed by atoms with Crippen LogP contribution in [0.2, 0.25) is 0 Å². The van der Waals surface area contributed by atoms with E-state index in [0.717, 1.165) is 25.0 Å². The molecule has 3 rings (SSSR count). The SMILES string of the molecule is CC.CC1CCC(c2ccc(/C=C/C3OCC(C)CO3)cc2)CC1. The molecule has 2 heteroatoms. The van der Waals surface area contributed by atoms with Crippen LogP contribution in [0.5, 0.6) is 0 Å². The second-order valence-electron chi connectivity index (χ2n) is 7.12. The van der Waals surface area contributed by atoms with Gasteiger partial charge >= 0.3 is 0 Å². The van der Waals surface area contributed by atoms with Crippen LogP contribution in [0.3, 0.4) is 0 Å². The zero-order chi connectivity index (χ0) is 17.4. The van der Waals surface area contributed by atoms with Gasteiger partial charge in [0.1, 0.15) is 0 Å². The Bertz CT molecular complexity index is 475. The van der Waals surface area contributed by atoms with Crippen molar-refractivity contribution in [1.29, 1.82) is 0 Å². The summed E-state index contributed by atoms with van der Waals surface area (Å²) in [5.41, 5.74) is 2.72. The van der Waals surface area contributed by atoms with E-state index >= 15 is 0 Å². The van der Waals surface area contributed by atoms with E-state index in [1.807, 2.05) is 19.9 Å². The first-order valence-corrected chi connectivity index (χ1v) is 9.72. The fourth-order valence-corrected chi connectivity index (χ4v) is 3.39. The monoisotopic (exact) mass is 330 g/mol. The van der Waals surface area contributed by atoms with Crippen LogP contribution in [-0.4, -0.2) is 19.5 Å². The van der Waals surface area contributed by atoms with Gasteiger partial charge in [0.25, 0.3) is 0 Å². The number of hydrogen-bond acceptors (Lipinski definition) is 2. The topological polar surface area (TPSA) is 18.5 Å². The summed E-state index contributed by atoms with van der Waals surface area (Å²) in [4.78, 5) is 0. The van der Waals surface area contributed by atoms with Gasteiger partial charge in [-0.05, 0) is 41.9 Å². The van der Waals surface area contributed by atoms with Gasteiger partial charge in [-0.15, -0.1) is 0 Å². The van der Waals surface area contributed by atoms with E-state index in [2.05, 4.69) is 44.2 Å². The standard InChI is InChI=1S/C20H28O2.C2H6/c1-15-3-8-18(9-4-15)19-10-5-17(6-11-19)7-12-20-21-13-16(2)14-22-20;1-2/h5-7,10-12,15-16,18,20H,3-4,8-9,13-14H2,1-2H3;1-2H3/b12-7+;. The molecule has 0 N–H and O–H groups in total. The Morgan fingerprint density at radius 3 is 2.00 bits per heavy atom. The van der Waals surface area contributed by atoms with Gasteiger partial charge in [0.15, 0.2) is 6.29 Å². The van der Waals surface area contributed by atoms with Crippen molar-refractivity contribution in [3.8, 4) is 0 Å². The van der Waals surface area contributed by atoms with Crippen molar-refractivity contribution >= 4 is 6.08 Å². The molecular weight excluding hydrogens is 296 g/mol. The third-order valence-corrected chi connectivity index (χ3v) is 4.96. The Morgan fingerprint density at radius 2 is 1.42 bits per heavy atom. The first-order chi connectivity index (χ1) is 11.7. The Morgan fingerprint density at radius 1 is 0.833 bits per heavy atom. The van der Waals surface area contributed by atoms with Crippen LogP contribution in [0.15, 0.2) is 30.3 Å². The predicted octanol–water partition coefficient (Wildman–Crippen LogP) is 6.03. The molecule has 24 heavy (non-hydrogen) atoms. The van der Waals surface area contributed by atoms with E-state index in [1.54, 1.807) is 0 Å². The smallest absolute Gasteiger partial charge is 0.177 e. The van der Waals surface area contributed by atoms with Crippen LogP contribution >= 0.6 is 0 Å². The van der Waals surface area contributed by atoms with E-state index in [1.165, 1.54) is 36.8 Å². The summed E-state index contributed by atoms with van der Waals surface area (Å²) in [5.74, 6) is 2.18. The highest BCUT2D eigenvalue weighted by atomic mass is 16.7. The normalized spacial score (nSPS) is 30.7. The van der Waals surface area contributed by atoms with E-state index in [-0.39, 0.29) is 6.29 Å². The van der Waals surface area contributed by atoms with Gasteiger partial charge in [0, 0.05) is 5.92 Å². The fraction of sp³-hybridized carbons (Fsp3) is 0.636. The maximum atomic E-state index is 5.63. The lowest BCUT2D eigenvalue weighted by atomic mass is 9.79. The summed E-state index contributed by atoms with van der Waals surface area (Å²) in [5, 5.41) is 0. The van der Waals surface area contributed by atoms with Crippen molar-refractivity contribution in [1.82, 2.24) is 0 Å². The van der Waals surface area contributed by atoms with Crippen LogP contribution in [0.25, 0.3) is 6.08 Å². The maximum Gasteiger partial charge on any atom is 0.177 e. The molecule has 1 saturated carbocycles. The molecule has 2 aliphatic rings. The highest BCUT2D eigenvalue weighted by molar-refractivity contribution is 5.50. The van der Waals surface area contributed by atoms with Gasteiger partial charge in [-0.2, -0.15) is 0 Å². The summed E-state index contributed by atoms with van der Waals surface area (Å²) in [6, 6.07) is 9.03. The quantitative estimate of drug-likeness (QED) is 0.674. The molecule has 0 bridgehead atoms. The molecule has 134 valence electrons. The summed E-state index contributed by atoms with van der Waals surface area (Å²) in [6.07, 6.45) is 9.38. The van der Waals surface area contributed by atoms with Gasteiger partial charge < -0.3 is 9.47 Å². The van der Waals surface area contributed by atoms with Crippen molar-refractivity contribution in [3.05, 3.63) is 41.5 Å². The largest absolute Gasteiger partial charge is 0.349 e. The second kappa shape index (κ2) is 10.0. The number of rotatable bonds is 3. The molecule has 2 fully saturated rings. The Kier molecular flexibility index (Phi) is 8.01. The molecule has 1 aromatic carbocycles. The average Bonchev–Trinajstić information content (AvgIpc) is 2.64. The molecule has 0 amide bonds. The highest BCUT2D eigenvalue weighted by Crippen LogP contribution is 2.35. The van der Waals surface area contributed by atoms with Crippen LogP contribution in [0, 0.1) is 11.8 Å². The van der Waals surface area contributed by atoms with Gasteiger partial charge in [0.05, 0.1) is 13.2 Å². The number of hydrogen-bond donors (Lipinski definition) is 0. The molecule has 1 saturated heterocycles. The van der Waals surface area contributed by atoms with E-state index in [4.69, 9.17) is 9.47 Å². The van der Waals surface area contributed by atoms with E-state index in [0.29, 0.717) is 5.92 Å². The number of ether oxygens (including phenoxy) is 2. The molecule has 1 aromatic rings. The van der Waals surface area contributed by atoms with Crippen LogP contribution < -0.4 is 0 Å². The Balaban J connectivity index is 0.00000100. The van der Waals surface area contributed by atoms with Crippen molar-refractivity contribution in [2.45, 2.75) is 65.6 Å². The van der Waals surface area contributed by atoms with Crippen LogP contribution in [0.1, 0.15) is 70.4 Å². The van der Waals surface area contributed by atoms with Crippen LogP contribution in [0.4, 0.5) is 0 Å². The lowest BCUT2D eigenvalue weighted by Gasteiger charge is -2.26. The molecule has 0 spiro atoms. The molecule has 2 nitrogen and oxygen atoms in total.